The number of nitrogens with zero attached hydrogens (tertiary/aromatic N) is 2. The minimum absolute atomic E-state index is 0.0404. The molecule has 0 spiro atoms. The van der Waals surface area contributed by atoms with Gasteiger partial charge >= 0.3 is 0 Å². The van der Waals surface area contributed by atoms with E-state index in [4.69, 9.17) is 27.9 Å². The summed E-state index contributed by atoms with van der Waals surface area (Å²) in [6, 6.07) is 23.8. The fourth-order valence-corrected chi connectivity index (χ4v) is 7.95. The molecule has 4 aromatic rings. The summed E-state index contributed by atoms with van der Waals surface area (Å²) in [7, 11) is -4.38. The zero-order valence-corrected chi connectivity index (χ0v) is 30.1. The zero-order valence-electron chi connectivity index (χ0n) is 27.7. The Morgan fingerprint density at radius 3 is 2.24 bits per heavy atom. The summed E-state index contributed by atoms with van der Waals surface area (Å²) in [5.74, 6) is -1.09. The summed E-state index contributed by atoms with van der Waals surface area (Å²) < 4.78 is 49.0. The third-order valence-electron chi connectivity index (χ3n) is 8.69. The Hall–Kier alpha value is -4.12. The van der Waals surface area contributed by atoms with E-state index in [1.807, 2.05) is 37.3 Å². The molecule has 0 radical (unpaired) electrons. The number of nitrogens with one attached hydrogen (secondary N) is 1. The van der Waals surface area contributed by atoms with E-state index in [0.29, 0.717) is 28.0 Å². The zero-order chi connectivity index (χ0) is 35.7. The highest BCUT2D eigenvalue weighted by Crippen LogP contribution is 2.28. The van der Waals surface area contributed by atoms with Crippen molar-refractivity contribution in [1.82, 2.24) is 10.2 Å². The van der Waals surface area contributed by atoms with Crippen LogP contribution in [-0.4, -0.2) is 50.4 Å². The van der Waals surface area contributed by atoms with Crippen LogP contribution in [0, 0.1) is 5.82 Å². The first-order valence-electron chi connectivity index (χ1n) is 16.6. The molecule has 1 aliphatic rings. The van der Waals surface area contributed by atoms with Gasteiger partial charge in [-0.3, -0.25) is 13.9 Å². The number of anilines is 1. The maximum absolute atomic E-state index is 14.7. The predicted octanol–water partition coefficient (Wildman–Crippen LogP) is 7.82. The first-order valence-corrected chi connectivity index (χ1v) is 18.8. The average Bonchev–Trinajstić information content (AvgIpc) is 3.11. The number of hydrogen-bond donors (Lipinski definition) is 1. The van der Waals surface area contributed by atoms with Crippen molar-refractivity contribution in [2.45, 2.75) is 69.0 Å². The molecule has 1 fully saturated rings. The van der Waals surface area contributed by atoms with Crippen molar-refractivity contribution < 1.29 is 27.1 Å². The molecule has 1 N–H and O–H groups in total. The summed E-state index contributed by atoms with van der Waals surface area (Å²) >= 11 is 12.8. The minimum atomic E-state index is -4.38. The molecule has 50 heavy (non-hydrogen) atoms. The third-order valence-corrected chi connectivity index (χ3v) is 11.1. The van der Waals surface area contributed by atoms with E-state index in [-0.39, 0.29) is 35.5 Å². The van der Waals surface area contributed by atoms with Crippen LogP contribution in [0.25, 0.3) is 0 Å². The Balaban J connectivity index is 1.57. The summed E-state index contributed by atoms with van der Waals surface area (Å²) in [5, 5.41) is 3.86. The van der Waals surface area contributed by atoms with Gasteiger partial charge in [0.05, 0.1) is 17.2 Å². The van der Waals surface area contributed by atoms with Crippen LogP contribution >= 0.6 is 23.2 Å². The molecule has 0 heterocycles. The van der Waals surface area contributed by atoms with Gasteiger partial charge in [-0.05, 0) is 91.6 Å². The second-order valence-electron chi connectivity index (χ2n) is 12.2. The third kappa shape index (κ3) is 9.56. The summed E-state index contributed by atoms with van der Waals surface area (Å²) in [5.41, 5.74) is 1.41. The quantitative estimate of drug-likeness (QED) is 0.142. The van der Waals surface area contributed by atoms with Crippen molar-refractivity contribution in [3.05, 3.63) is 124 Å². The van der Waals surface area contributed by atoms with E-state index in [9.17, 15) is 22.4 Å². The summed E-state index contributed by atoms with van der Waals surface area (Å²) in [6.07, 6.45) is 4.92. The lowest BCUT2D eigenvalue weighted by Crippen LogP contribution is -2.55. The van der Waals surface area contributed by atoms with Crippen molar-refractivity contribution in [1.29, 1.82) is 0 Å². The molecular formula is C38H40Cl2FN3O5S. The van der Waals surface area contributed by atoms with Gasteiger partial charge in [0.25, 0.3) is 10.0 Å². The molecule has 0 saturated heterocycles. The molecule has 0 bridgehead atoms. The second-order valence-corrected chi connectivity index (χ2v) is 14.9. The van der Waals surface area contributed by atoms with Gasteiger partial charge in [0, 0.05) is 29.1 Å². The number of halogens is 3. The van der Waals surface area contributed by atoms with Crippen LogP contribution in [0.15, 0.2) is 102 Å². The van der Waals surface area contributed by atoms with Crippen LogP contribution in [0.4, 0.5) is 10.1 Å². The molecule has 0 aromatic heterocycles. The van der Waals surface area contributed by atoms with Crippen LogP contribution in [0.2, 0.25) is 10.0 Å². The number of amides is 2. The smallest absolute Gasteiger partial charge is 0.264 e. The highest BCUT2D eigenvalue weighted by Gasteiger charge is 2.36. The van der Waals surface area contributed by atoms with Crippen molar-refractivity contribution >= 4 is 50.7 Å². The van der Waals surface area contributed by atoms with Gasteiger partial charge in [-0.2, -0.15) is 0 Å². The minimum Gasteiger partial charge on any atom is -0.494 e. The first-order chi connectivity index (χ1) is 24.0. The Kier molecular flexibility index (Phi) is 12.8. The highest BCUT2D eigenvalue weighted by molar-refractivity contribution is 7.92. The lowest BCUT2D eigenvalue weighted by Gasteiger charge is -2.35. The number of ether oxygens (including phenoxy) is 1. The number of rotatable bonds is 14. The molecular weight excluding hydrogens is 700 g/mol. The van der Waals surface area contributed by atoms with Gasteiger partial charge in [0.15, 0.2) is 0 Å². The van der Waals surface area contributed by atoms with Gasteiger partial charge in [-0.25, -0.2) is 12.8 Å². The predicted molar refractivity (Wildman–Crippen MR) is 195 cm³/mol. The average molecular weight is 741 g/mol. The second kappa shape index (κ2) is 17.2. The van der Waals surface area contributed by atoms with E-state index in [0.717, 1.165) is 54.1 Å². The van der Waals surface area contributed by atoms with Gasteiger partial charge in [-0.15, -0.1) is 0 Å². The number of carbonyl (C=O) groups excluding carboxylic acids is 2. The van der Waals surface area contributed by atoms with E-state index >= 15 is 0 Å². The number of benzene rings is 4. The number of sulfonamides is 1. The van der Waals surface area contributed by atoms with Gasteiger partial charge in [-0.1, -0.05) is 78.9 Å². The fraction of sp³-hybridized carbons (Fsp3) is 0.316. The van der Waals surface area contributed by atoms with Crippen molar-refractivity contribution in [2.75, 3.05) is 17.5 Å². The summed E-state index contributed by atoms with van der Waals surface area (Å²) in [4.78, 5) is 30.2. The lowest BCUT2D eigenvalue weighted by molar-refractivity contribution is -0.140. The van der Waals surface area contributed by atoms with E-state index in [2.05, 4.69) is 5.32 Å². The van der Waals surface area contributed by atoms with Crippen LogP contribution in [0.5, 0.6) is 5.75 Å². The summed E-state index contributed by atoms with van der Waals surface area (Å²) in [6.45, 7) is 1.42. The van der Waals surface area contributed by atoms with Crippen LogP contribution in [-0.2, 0) is 32.6 Å². The maximum Gasteiger partial charge on any atom is 0.264 e. The molecule has 5 rings (SSSR count). The fourth-order valence-electron chi connectivity index (χ4n) is 6.07. The molecule has 12 heteroatoms. The molecule has 8 nitrogen and oxygen atoms in total. The first kappa shape index (κ1) is 37.1. The molecule has 2 amide bonds. The Morgan fingerprint density at radius 2 is 1.60 bits per heavy atom. The van der Waals surface area contributed by atoms with E-state index in [1.165, 1.54) is 41.3 Å². The Labute approximate surface area is 303 Å². The molecule has 4 aromatic carbocycles. The molecule has 1 atom stereocenters. The largest absolute Gasteiger partial charge is 0.494 e. The van der Waals surface area contributed by atoms with E-state index in [1.54, 1.807) is 18.2 Å². The molecule has 264 valence electrons. The van der Waals surface area contributed by atoms with Gasteiger partial charge in [0.1, 0.15) is 24.2 Å². The van der Waals surface area contributed by atoms with Crippen LogP contribution in [0.3, 0.4) is 0 Å². The highest BCUT2D eigenvalue weighted by atomic mass is 35.5. The normalized spacial score (nSPS) is 14.1. The number of carbonyl (C=O) groups is 2. The van der Waals surface area contributed by atoms with Crippen LogP contribution in [0.1, 0.15) is 50.2 Å². The monoisotopic (exact) mass is 739 g/mol. The maximum atomic E-state index is 14.7. The Bertz CT molecular complexity index is 1860. The number of hydrogen-bond acceptors (Lipinski definition) is 5. The molecule has 0 unspecified atom stereocenters. The lowest BCUT2D eigenvalue weighted by atomic mass is 9.94. The van der Waals surface area contributed by atoms with Gasteiger partial charge in [0.2, 0.25) is 11.8 Å². The van der Waals surface area contributed by atoms with Crippen molar-refractivity contribution in [2.24, 2.45) is 0 Å². The Morgan fingerprint density at radius 1 is 0.920 bits per heavy atom. The van der Waals surface area contributed by atoms with E-state index < -0.39 is 34.3 Å². The topological polar surface area (TPSA) is 96.0 Å². The molecule has 0 aliphatic heterocycles. The molecule has 1 aliphatic carbocycles. The SMILES string of the molecule is CCOc1ccc(S(=O)(=O)N(CC(=O)N(Cc2ccc(Cl)cc2Cl)[C@@H](Cc2ccccc2)C(=O)NC2CCCCC2)c2ccc(F)cc2)cc1. The van der Waals surface area contributed by atoms with Crippen molar-refractivity contribution in [3.63, 3.8) is 0 Å². The van der Waals surface area contributed by atoms with Gasteiger partial charge < -0.3 is 15.0 Å². The van der Waals surface area contributed by atoms with Crippen LogP contribution < -0.4 is 14.4 Å². The standard InChI is InChI=1S/C38H40Cl2FN3O5S/c1-2-49-33-19-21-34(22-20-33)50(47,48)44(32-17-15-30(41)16-18-32)26-37(45)43(25-28-13-14-29(39)24-35(28)40)36(23-27-9-5-3-6-10-27)38(46)42-31-11-7-4-8-12-31/h3,5-6,9-10,13-22,24,31,36H,2,4,7-8,11-12,23,25-26H2,1H3,(H,42,46)/t36-/m0/s1. The molecule has 1 saturated carbocycles. The van der Waals surface area contributed by atoms with Crippen molar-refractivity contribution in [3.8, 4) is 5.75 Å².